The van der Waals surface area contributed by atoms with Crippen molar-refractivity contribution in [1.29, 1.82) is 0 Å². The summed E-state index contributed by atoms with van der Waals surface area (Å²) in [5.41, 5.74) is 0.660. The van der Waals surface area contributed by atoms with Gasteiger partial charge in [0.25, 0.3) is 0 Å². The van der Waals surface area contributed by atoms with Crippen LogP contribution in [0.15, 0.2) is 18.5 Å². The third-order valence-corrected chi connectivity index (χ3v) is 2.39. The smallest absolute Gasteiger partial charge is 0.145 e. The molecule has 1 aromatic rings. The summed E-state index contributed by atoms with van der Waals surface area (Å²) >= 11 is 0. The molecule has 0 aliphatic heterocycles. The van der Waals surface area contributed by atoms with Crippen molar-refractivity contribution in [1.82, 2.24) is 4.98 Å². The van der Waals surface area contributed by atoms with Crippen LogP contribution in [0.4, 0.5) is 4.39 Å². The van der Waals surface area contributed by atoms with Crippen LogP contribution in [-0.2, 0) is 5.41 Å². The van der Waals surface area contributed by atoms with Gasteiger partial charge in [-0.05, 0) is 23.5 Å². The van der Waals surface area contributed by atoms with Crippen LogP contribution in [-0.4, -0.2) is 4.98 Å². The lowest BCUT2D eigenvalue weighted by molar-refractivity contribution is 0.467. The zero-order valence-electron chi connectivity index (χ0n) is 7.76. The van der Waals surface area contributed by atoms with Gasteiger partial charge in [-0.3, -0.25) is 4.98 Å². The first kappa shape index (κ1) is 9.17. The summed E-state index contributed by atoms with van der Waals surface area (Å²) in [4.78, 5) is 3.72. The molecule has 66 valence electrons. The van der Waals surface area contributed by atoms with E-state index in [-0.39, 0.29) is 11.2 Å². The minimum absolute atomic E-state index is 0.0903. The average molecular weight is 167 g/mol. The highest BCUT2D eigenvalue weighted by molar-refractivity contribution is 5.21. The largest absolute Gasteiger partial charge is 0.262 e. The summed E-state index contributed by atoms with van der Waals surface area (Å²) in [6, 6.07) is 1.75. The second kappa shape index (κ2) is 3.21. The fourth-order valence-corrected chi connectivity index (χ4v) is 1.11. The first-order chi connectivity index (χ1) is 5.58. The fraction of sp³-hybridized carbons (Fsp3) is 0.500. The van der Waals surface area contributed by atoms with Gasteiger partial charge in [-0.25, -0.2) is 4.39 Å². The minimum Gasteiger partial charge on any atom is -0.262 e. The molecule has 0 spiro atoms. The Hall–Kier alpha value is -0.920. The second-order valence-corrected chi connectivity index (χ2v) is 3.59. The van der Waals surface area contributed by atoms with E-state index in [1.807, 2.05) is 13.8 Å². The molecule has 1 nitrogen and oxygen atoms in total. The van der Waals surface area contributed by atoms with Crippen molar-refractivity contribution in [2.45, 2.75) is 32.6 Å². The maximum atomic E-state index is 13.2. The number of halogens is 1. The molecule has 0 N–H and O–H groups in total. The maximum absolute atomic E-state index is 13.2. The van der Waals surface area contributed by atoms with Crippen LogP contribution < -0.4 is 0 Å². The maximum Gasteiger partial charge on any atom is 0.145 e. The molecule has 0 saturated heterocycles. The summed E-state index contributed by atoms with van der Waals surface area (Å²) in [5, 5.41) is 0. The summed E-state index contributed by atoms with van der Waals surface area (Å²) in [7, 11) is 0. The van der Waals surface area contributed by atoms with E-state index in [0.717, 1.165) is 12.0 Å². The molecular weight excluding hydrogens is 153 g/mol. The number of rotatable bonds is 2. The van der Waals surface area contributed by atoms with E-state index in [4.69, 9.17) is 0 Å². The molecule has 0 unspecified atom stereocenters. The zero-order valence-corrected chi connectivity index (χ0v) is 7.76. The second-order valence-electron chi connectivity index (χ2n) is 3.59. The number of pyridine rings is 1. The van der Waals surface area contributed by atoms with Crippen molar-refractivity contribution in [3.8, 4) is 0 Å². The van der Waals surface area contributed by atoms with E-state index < -0.39 is 0 Å². The van der Waals surface area contributed by atoms with E-state index >= 15 is 0 Å². The van der Waals surface area contributed by atoms with Crippen LogP contribution in [0.2, 0.25) is 0 Å². The number of hydrogen-bond acceptors (Lipinski definition) is 1. The molecule has 1 rings (SSSR count). The molecule has 0 aliphatic rings. The topological polar surface area (TPSA) is 12.9 Å². The Morgan fingerprint density at radius 1 is 1.50 bits per heavy atom. The number of aromatic nitrogens is 1. The quantitative estimate of drug-likeness (QED) is 0.660. The van der Waals surface area contributed by atoms with Crippen LogP contribution >= 0.6 is 0 Å². The molecule has 12 heavy (non-hydrogen) atoms. The predicted molar refractivity (Wildman–Crippen MR) is 47.5 cm³/mol. The van der Waals surface area contributed by atoms with Gasteiger partial charge >= 0.3 is 0 Å². The summed E-state index contributed by atoms with van der Waals surface area (Å²) < 4.78 is 13.2. The van der Waals surface area contributed by atoms with Gasteiger partial charge in [-0.1, -0.05) is 20.8 Å². The van der Waals surface area contributed by atoms with E-state index in [2.05, 4.69) is 11.9 Å². The number of hydrogen-bond donors (Lipinski definition) is 0. The van der Waals surface area contributed by atoms with Gasteiger partial charge < -0.3 is 0 Å². The monoisotopic (exact) mass is 167 g/mol. The highest BCUT2D eigenvalue weighted by atomic mass is 19.1. The summed E-state index contributed by atoms with van der Waals surface area (Å²) in [5.74, 6) is -0.204. The third kappa shape index (κ3) is 1.63. The summed E-state index contributed by atoms with van der Waals surface area (Å²) in [6.45, 7) is 6.12. The van der Waals surface area contributed by atoms with Crippen LogP contribution in [0.25, 0.3) is 0 Å². The Labute approximate surface area is 72.6 Å². The zero-order chi connectivity index (χ0) is 9.19. The Balaban J connectivity index is 3.10. The van der Waals surface area contributed by atoms with Crippen molar-refractivity contribution in [3.63, 3.8) is 0 Å². The van der Waals surface area contributed by atoms with Gasteiger partial charge in [0.05, 0.1) is 6.20 Å². The lowest BCUT2D eigenvalue weighted by Gasteiger charge is -2.23. The van der Waals surface area contributed by atoms with Gasteiger partial charge in [0.2, 0.25) is 0 Å². The Morgan fingerprint density at radius 3 is 2.67 bits per heavy atom. The Bertz CT molecular complexity index is 268. The van der Waals surface area contributed by atoms with Crippen molar-refractivity contribution in [2.24, 2.45) is 0 Å². The molecule has 0 aliphatic carbocycles. The van der Waals surface area contributed by atoms with Gasteiger partial charge in [-0.2, -0.15) is 0 Å². The van der Waals surface area contributed by atoms with E-state index in [1.54, 1.807) is 12.3 Å². The fourth-order valence-electron chi connectivity index (χ4n) is 1.11. The highest BCUT2D eigenvalue weighted by Gasteiger charge is 2.21. The molecule has 0 amide bonds. The first-order valence-electron chi connectivity index (χ1n) is 4.18. The Morgan fingerprint density at radius 2 is 2.17 bits per heavy atom. The van der Waals surface area contributed by atoms with Crippen LogP contribution in [0.1, 0.15) is 32.8 Å². The van der Waals surface area contributed by atoms with Gasteiger partial charge in [0, 0.05) is 6.20 Å². The summed E-state index contributed by atoms with van der Waals surface area (Å²) in [6.07, 6.45) is 3.83. The third-order valence-electron chi connectivity index (χ3n) is 2.39. The molecule has 0 aromatic carbocycles. The minimum atomic E-state index is -0.204. The molecule has 0 radical (unpaired) electrons. The molecular formula is C10H14FN. The average Bonchev–Trinajstić information content (AvgIpc) is 2.05. The number of nitrogens with zero attached hydrogens (tertiary/aromatic N) is 1. The van der Waals surface area contributed by atoms with E-state index in [9.17, 15) is 4.39 Å². The van der Waals surface area contributed by atoms with E-state index in [0.29, 0.717) is 0 Å². The van der Waals surface area contributed by atoms with Crippen molar-refractivity contribution in [2.75, 3.05) is 0 Å². The van der Waals surface area contributed by atoms with Crippen molar-refractivity contribution in [3.05, 3.63) is 29.8 Å². The van der Waals surface area contributed by atoms with Gasteiger partial charge in [0.1, 0.15) is 5.82 Å². The SMILES string of the molecule is CCC(C)(C)c1ccncc1F. The molecule has 1 heterocycles. The predicted octanol–water partition coefficient (Wildman–Crippen LogP) is 2.91. The molecule has 0 atom stereocenters. The lowest BCUT2D eigenvalue weighted by atomic mass is 9.82. The van der Waals surface area contributed by atoms with Crippen LogP contribution in [0.3, 0.4) is 0 Å². The molecule has 0 saturated carbocycles. The lowest BCUT2D eigenvalue weighted by Crippen LogP contribution is -2.17. The Kier molecular flexibility index (Phi) is 2.46. The van der Waals surface area contributed by atoms with Gasteiger partial charge in [0.15, 0.2) is 0 Å². The molecule has 0 bridgehead atoms. The normalized spacial score (nSPS) is 11.7. The molecule has 0 fully saturated rings. The first-order valence-corrected chi connectivity index (χ1v) is 4.18. The van der Waals surface area contributed by atoms with Crippen LogP contribution in [0, 0.1) is 5.82 Å². The van der Waals surface area contributed by atoms with Crippen molar-refractivity contribution >= 4 is 0 Å². The standard InChI is InChI=1S/C10H14FN/c1-4-10(2,3)8-5-6-12-7-9(8)11/h5-7H,4H2,1-3H3. The van der Waals surface area contributed by atoms with Crippen molar-refractivity contribution < 1.29 is 4.39 Å². The van der Waals surface area contributed by atoms with Gasteiger partial charge in [-0.15, -0.1) is 0 Å². The highest BCUT2D eigenvalue weighted by Crippen LogP contribution is 2.27. The molecule has 1 aromatic heterocycles. The molecule has 2 heteroatoms. The van der Waals surface area contributed by atoms with Crippen LogP contribution in [0.5, 0.6) is 0 Å². The van der Waals surface area contributed by atoms with E-state index in [1.165, 1.54) is 6.20 Å².